The highest BCUT2D eigenvalue weighted by molar-refractivity contribution is 6.09. The van der Waals surface area contributed by atoms with Crippen molar-refractivity contribution in [2.24, 2.45) is 0 Å². The predicted molar refractivity (Wildman–Crippen MR) is 113 cm³/mol. The molecule has 1 aliphatic heterocycles. The van der Waals surface area contributed by atoms with E-state index in [1.165, 1.54) is 0 Å². The van der Waals surface area contributed by atoms with Crippen LogP contribution in [0, 0.1) is 0 Å². The molecule has 1 aliphatic rings. The van der Waals surface area contributed by atoms with Gasteiger partial charge >= 0.3 is 6.03 Å². The van der Waals surface area contributed by atoms with Crippen molar-refractivity contribution < 1.29 is 19.1 Å². The Morgan fingerprint density at radius 1 is 1.13 bits per heavy atom. The first-order valence-corrected chi connectivity index (χ1v) is 10.0. The summed E-state index contributed by atoms with van der Waals surface area (Å²) in [6.45, 7) is 3.94. The third kappa shape index (κ3) is 4.15. The molecule has 0 saturated carbocycles. The molecule has 2 aromatic carbocycles. The maximum atomic E-state index is 13.2. The van der Waals surface area contributed by atoms with Crippen LogP contribution in [0.15, 0.2) is 54.6 Å². The van der Waals surface area contributed by atoms with Crippen LogP contribution in [0.5, 0.6) is 5.75 Å². The molecule has 30 heavy (non-hydrogen) atoms. The molecule has 2 atom stereocenters. The Labute approximate surface area is 176 Å². The van der Waals surface area contributed by atoms with Gasteiger partial charge in [0.05, 0.1) is 7.11 Å². The van der Waals surface area contributed by atoms with E-state index in [0.29, 0.717) is 24.3 Å². The van der Waals surface area contributed by atoms with Crippen molar-refractivity contribution in [3.8, 4) is 5.75 Å². The molecular formula is C23H27N3O4. The standard InChI is InChI=1S/C23H27N3O4/c1-4-23(18-10-12-19(30-3)13-11-18)21(28)26(22(29)25-23)15-20(27)24-14-16(2)17-8-6-5-7-9-17/h5-13,16H,4,14-15H2,1-3H3,(H,24,27)(H,25,29)/t16-,23-/m1/s1. The maximum Gasteiger partial charge on any atom is 0.325 e. The van der Waals surface area contributed by atoms with Gasteiger partial charge in [0.15, 0.2) is 0 Å². The Morgan fingerprint density at radius 3 is 2.40 bits per heavy atom. The first-order chi connectivity index (χ1) is 14.4. The van der Waals surface area contributed by atoms with Gasteiger partial charge in [-0.2, -0.15) is 0 Å². The lowest BCUT2D eigenvalue weighted by Gasteiger charge is -2.26. The van der Waals surface area contributed by atoms with Crippen LogP contribution in [0.2, 0.25) is 0 Å². The number of hydrogen-bond acceptors (Lipinski definition) is 4. The smallest absolute Gasteiger partial charge is 0.325 e. The Hall–Kier alpha value is -3.35. The second kappa shape index (κ2) is 8.98. The van der Waals surface area contributed by atoms with Crippen LogP contribution in [-0.2, 0) is 15.1 Å². The molecule has 0 aromatic heterocycles. The third-order valence-electron chi connectivity index (χ3n) is 5.56. The van der Waals surface area contributed by atoms with E-state index in [2.05, 4.69) is 10.6 Å². The second-order valence-corrected chi connectivity index (χ2v) is 7.42. The summed E-state index contributed by atoms with van der Waals surface area (Å²) < 4.78 is 5.16. The molecule has 3 rings (SSSR count). The normalized spacial score (nSPS) is 19.4. The van der Waals surface area contributed by atoms with Crippen LogP contribution in [0.3, 0.4) is 0 Å². The van der Waals surface area contributed by atoms with Crippen LogP contribution in [0.25, 0.3) is 0 Å². The van der Waals surface area contributed by atoms with Crippen molar-refractivity contribution in [1.82, 2.24) is 15.5 Å². The van der Waals surface area contributed by atoms with E-state index in [1.807, 2.05) is 44.2 Å². The van der Waals surface area contributed by atoms with E-state index in [0.717, 1.165) is 10.5 Å². The van der Waals surface area contributed by atoms with Crippen molar-refractivity contribution in [2.75, 3.05) is 20.2 Å². The number of nitrogens with one attached hydrogen (secondary N) is 2. The van der Waals surface area contributed by atoms with Crippen molar-refractivity contribution in [2.45, 2.75) is 31.7 Å². The van der Waals surface area contributed by atoms with Crippen LogP contribution in [0.4, 0.5) is 4.79 Å². The fraction of sp³-hybridized carbons (Fsp3) is 0.348. The van der Waals surface area contributed by atoms with Crippen LogP contribution >= 0.6 is 0 Å². The van der Waals surface area contributed by atoms with Gasteiger partial charge in [-0.15, -0.1) is 0 Å². The minimum atomic E-state index is -1.18. The average Bonchev–Trinajstić information content (AvgIpc) is 3.03. The van der Waals surface area contributed by atoms with Gasteiger partial charge in [-0.05, 0) is 35.6 Å². The third-order valence-corrected chi connectivity index (χ3v) is 5.56. The highest BCUT2D eigenvalue weighted by Gasteiger charge is 2.51. The number of benzene rings is 2. The number of methoxy groups -OCH3 is 1. The Kier molecular flexibility index (Phi) is 6.40. The quantitative estimate of drug-likeness (QED) is 0.657. The van der Waals surface area contributed by atoms with Gasteiger partial charge in [0.1, 0.15) is 17.8 Å². The van der Waals surface area contributed by atoms with Gasteiger partial charge in [0.25, 0.3) is 5.91 Å². The van der Waals surface area contributed by atoms with E-state index in [1.54, 1.807) is 31.4 Å². The molecule has 4 amide bonds. The zero-order chi connectivity index (χ0) is 21.7. The summed E-state index contributed by atoms with van der Waals surface area (Å²) in [6.07, 6.45) is 0.368. The van der Waals surface area contributed by atoms with Crippen molar-refractivity contribution in [3.05, 3.63) is 65.7 Å². The first kappa shape index (κ1) is 21.4. The van der Waals surface area contributed by atoms with Gasteiger partial charge in [-0.1, -0.05) is 56.3 Å². The van der Waals surface area contributed by atoms with Crippen molar-refractivity contribution in [3.63, 3.8) is 0 Å². The number of carbonyl (C=O) groups excluding carboxylic acids is 3. The summed E-state index contributed by atoms with van der Waals surface area (Å²) in [7, 11) is 1.56. The number of imide groups is 1. The fourth-order valence-corrected chi connectivity index (χ4v) is 3.65. The zero-order valence-corrected chi connectivity index (χ0v) is 17.5. The highest BCUT2D eigenvalue weighted by atomic mass is 16.5. The molecule has 1 fully saturated rings. The van der Waals surface area contributed by atoms with E-state index < -0.39 is 17.5 Å². The lowest BCUT2D eigenvalue weighted by molar-refractivity contribution is -0.135. The second-order valence-electron chi connectivity index (χ2n) is 7.42. The highest BCUT2D eigenvalue weighted by Crippen LogP contribution is 2.33. The molecule has 0 bridgehead atoms. The molecule has 1 heterocycles. The summed E-state index contributed by atoms with van der Waals surface area (Å²) in [5.41, 5.74) is 0.586. The molecule has 7 nitrogen and oxygen atoms in total. The van der Waals surface area contributed by atoms with Gasteiger partial charge in [0, 0.05) is 6.54 Å². The molecule has 0 unspecified atom stereocenters. The number of urea groups is 1. The van der Waals surface area contributed by atoms with Gasteiger partial charge in [-0.3, -0.25) is 14.5 Å². The summed E-state index contributed by atoms with van der Waals surface area (Å²) in [5, 5.41) is 5.60. The summed E-state index contributed by atoms with van der Waals surface area (Å²) in [5.74, 6) is -0.0211. The number of nitrogens with zero attached hydrogens (tertiary/aromatic N) is 1. The van der Waals surface area contributed by atoms with E-state index in [4.69, 9.17) is 4.74 Å². The molecule has 0 radical (unpaired) electrons. The number of amides is 4. The van der Waals surface area contributed by atoms with Gasteiger partial charge in [0.2, 0.25) is 5.91 Å². The summed E-state index contributed by atoms with van der Waals surface area (Å²) in [6, 6.07) is 16.3. The van der Waals surface area contributed by atoms with Gasteiger partial charge in [-0.25, -0.2) is 4.79 Å². The number of carbonyl (C=O) groups is 3. The number of ether oxygens (including phenoxy) is 1. The fourth-order valence-electron chi connectivity index (χ4n) is 3.65. The Bertz CT molecular complexity index is 914. The monoisotopic (exact) mass is 409 g/mol. The van der Waals surface area contributed by atoms with E-state index >= 15 is 0 Å². The predicted octanol–water partition coefficient (Wildman–Crippen LogP) is 2.77. The van der Waals surface area contributed by atoms with E-state index in [-0.39, 0.29) is 18.4 Å². The zero-order valence-electron chi connectivity index (χ0n) is 17.5. The van der Waals surface area contributed by atoms with Crippen LogP contribution in [-0.4, -0.2) is 42.9 Å². The SMILES string of the molecule is CC[C@]1(c2ccc(OC)cc2)NC(=O)N(CC(=O)NC[C@@H](C)c2ccccc2)C1=O. The molecule has 0 aliphatic carbocycles. The molecule has 7 heteroatoms. The van der Waals surface area contributed by atoms with Gasteiger partial charge < -0.3 is 15.4 Å². The molecular weight excluding hydrogens is 382 g/mol. The maximum absolute atomic E-state index is 13.2. The molecule has 2 aromatic rings. The van der Waals surface area contributed by atoms with E-state index in [9.17, 15) is 14.4 Å². The Balaban J connectivity index is 1.66. The molecule has 2 N–H and O–H groups in total. The van der Waals surface area contributed by atoms with Crippen molar-refractivity contribution >= 4 is 17.8 Å². The van der Waals surface area contributed by atoms with Crippen LogP contribution in [0.1, 0.15) is 37.3 Å². The topological polar surface area (TPSA) is 87.7 Å². The molecule has 158 valence electrons. The Morgan fingerprint density at radius 2 is 1.80 bits per heavy atom. The lowest BCUT2D eigenvalue weighted by Crippen LogP contribution is -2.45. The molecule has 1 saturated heterocycles. The largest absolute Gasteiger partial charge is 0.497 e. The number of rotatable bonds is 8. The summed E-state index contributed by atoms with van der Waals surface area (Å²) in [4.78, 5) is 39.1. The van der Waals surface area contributed by atoms with Crippen molar-refractivity contribution in [1.29, 1.82) is 0 Å². The summed E-state index contributed by atoms with van der Waals surface area (Å²) >= 11 is 0. The minimum absolute atomic E-state index is 0.118. The van der Waals surface area contributed by atoms with Crippen LogP contribution < -0.4 is 15.4 Å². The number of hydrogen-bond donors (Lipinski definition) is 2. The minimum Gasteiger partial charge on any atom is -0.497 e. The average molecular weight is 409 g/mol. The first-order valence-electron chi connectivity index (χ1n) is 10.0. The lowest BCUT2D eigenvalue weighted by atomic mass is 9.87. The molecule has 0 spiro atoms.